The minimum absolute atomic E-state index is 0.0780. The van der Waals surface area contributed by atoms with Gasteiger partial charge in [-0.2, -0.15) is 4.37 Å². The van der Waals surface area contributed by atoms with Crippen LogP contribution in [0.15, 0.2) is 48.5 Å². The molecular weight excluding hydrogens is 432 g/mol. The number of nitrogens with zero attached hydrogens (tertiary/aromatic N) is 4. The molecule has 3 aromatic rings. The van der Waals surface area contributed by atoms with Crippen molar-refractivity contribution in [2.45, 2.75) is 39.5 Å². The molecule has 1 amide bonds. The third-order valence-corrected chi connectivity index (χ3v) is 6.68. The maximum Gasteiger partial charge on any atom is 0.253 e. The average molecular weight is 465 g/mol. The van der Waals surface area contributed by atoms with Gasteiger partial charge in [-0.05, 0) is 49.6 Å². The summed E-state index contributed by atoms with van der Waals surface area (Å²) in [6, 6.07) is 16.0. The van der Waals surface area contributed by atoms with E-state index in [1.54, 1.807) is 0 Å². The molecule has 0 radical (unpaired) electrons. The SMILES string of the molecule is CCCCOc1ccc(C(=O)N2CCCN(c3nc(Cc4ccc(C)cc4)ns3)CC2)cc1. The fraction of sp³-hybridized carbons (Fsp3) is 0.423. The van der Waals surface area contributed by atoms with Crippen molar-refractivity contribution in [1.29, 1.82) is 0 Å². The number of aryl methyl sites for hydroxylation is 1. The molecule has 1 aliphatic rings. The van der Waals surface area contributed by atoms with Crippen LogP contribution in [0.5, 0.6) is 5.75 Å². The summed E-state index contributed by atoms with van der Waals surface area (Å²) >= 11 is 1.45. The van der Waals surface area contributed by atoms with Crippen LogP contribution in [0.3, 0.4) is 0 Å². The summed E-state index contributed by atoms with van der Waals surface area (Å²) in [6.45, 7) is 8.02. The Kier molecular flexibility index (Phi) is 7.94. The van der Waals surface area contributed by atoms with Crippen molar-refractivity contribution < 1.29 is 9.53 Å². The number of rotatable bonds is 8. The van der Waals surface area contributed by atoms with Crippen LogP contribution in [-0.4, -0.2) is 53.0 Å². The minimum Gasteiger partial charge on any atom is -0.494 e. The van der Waals surface area contributed by atoms with E-state index >= 15 is 0 Å². The zero-order chi connectivity index (χ0) is 23.0. The number of carbonyl (C=O) groups excluding carboxylic acids is 1. The highest BCUT2D eigenvalue weighted by Crippen LogP contribution is 2.22. The number of benzene rings is 2. The van der Waals surface area contributed by atoms with Gasteiger partial charge in [-0.3, -0.25) is 4.79 Å². The number of amides is 1. The fourth-order valence-corrected chi connectivity index (χ4v) is 4.59. The fourth-order valence-electron chi connectivity index (χ4n) is 3.86. The van der Waals surface area contributed by atoms with Crippen molar-refractivity contribution in [2.24, 2.45) is 0 Å². The van der Waals surface area contributed by atoms with Crippen molar-refractivity contribution in [3.05, 3.63) is 71.0 Å². The van der Waals surface area contributed by atoms with E-state index in [9.17, 15) is 4.79 Å². The lowest BCUT2D eigenvalue weighted by atomic mass is 10.1. The van der Waals surface area contributed by atoms with Crippen molar-refractivity contribution in [3.63, 3.8) is 0 Å². The number of hydrogen-bond donors (Lipinski definition) is 0. The van der Waals surface area contributed by atoms with E-state index in [1.807, 2.05) is 29.2 Å². The first kappa shape index (κ1) is 23.2. The molecule has 0 bridgehead atoms. The molecule has 4 rings (SSSR count). The van der Waals surface area contributed by atoms with Gasteiger partial charge in [0.05, 0.1) is 6.61 Å². The molecule has 0 atom stereocenters. The first-order valence-corrected chi connectivity index (χ1v) is 12.5. The third-order valence-electron chi connectivity index (χ3n) is 5.86. The van der Waals surface area contributed by atoms with E-state index in [0.717, 1.165) is 62.0 Å². The van der Waals surface area contributed by atoms with Crippen LogP contribution in [0, 0.1) is 6.92 Å². The molecule has 174 valence electrons. The first-order valence-electron chi connectivity index (χ1n) is 11.8. The highest BCUT2D eigenvalue weighted by molar-refractivity contribution is 7.09. The first-order chi connectivity index (χ1) is 16.1. The molecule has 33 heavy (non-hydrogen) atoms. The number of hydrogen-bond acceptors (Lipinski definition) is 6. The van der Waals surface area contributed by atoms with Crippen LogP contribution in [0.2, 0.25) is 0 Å². The van der Waals surface area contributed by atoms with E-state index in [0.29, 0.717) is 18.7 Å². The van der Waals surface area contributed by atoms with Gasteiger partial charge in [-0.25, -0.2) is 4.98 Å². The van der Waals surface area contributed by atoms with E-state index < -0.39 is 0 Å². The molecule has 0 saturated carbocycles. The van der Waals surface area contributed by atoms with Crippen molar-refractivity contribution in [3.8, 4) is 5.75 Å². The van der Waals surface area contributed by atoms with Crippen LogP contribution in [-0.2, 0) is 6.42 Å². The molecule has 1 aromatic heterocycles. The minimum atomic E-state index is 0.0780. The van der Waals surface area contributed by atoms with E-state index in [1.165, 1.54) is 22.7 Å². The quantitative estimate of drug-likeness (QED) is 0.441. The Bertz CT molecular complexity index is 1030. The summed E-state index contributed by atoms with van der Waals surface area (Å²) in [5, 5.41) is 0.944. The molecule has 2 heterocycles. The van der Waals surface area contributed by atoms with Crippen molar-refractivity contribution in [2.75, 3.05) is 37.7 Å². The van der Waals surface area contributed by atoms with Gasteiger partial charge in [-0.15, -0.1) is 0 Å². The van der Waals surface area contributed by atoms with Gasteiger partial charge < -0.3 is 14.5 Å². The highest BCUT2D eigenvalue weighted by atomic mass is 32.1. The van der Waals surface area contributed by atoms with Crippen molar-refractivity contribution in [1.82, 2.24) is 14.3 Å². The average Bonchev–Trinajstić information content (AvgIpc) is 3.15. The number of unbranched alkanes of at least 4 members (excludes halogenated alkanes) is 1. The number of aromatic nitrogens is 2. The van der Waals surface area contributed by atoms with Crippen LogP contribution >= 0.6 is 11.5 Å². The van der Waals surface area contributed by atoms with Crippen LogP contribution in [0.25, 0.3) is 0 Å². The third kappa shape index (κ3) is 6.32. The predicted molar refractivity (Wildman–Crippen MR) is 133 cm³/mol. The standard InChI is InChI=1S/C26H32N4O2S/c1-3-4-18-32-23-12-10-22(11-13-23)25(31)29-14-5-15-30(17-16-29)26-27-24(28-33-26)19-21-8-6-20(2)7-9-21/h6-13H,3-5,14-19H2,1-2H3. The second-order valence-corrected chi connectivity index (χ2v) is 9.25. The highest BCUT2D eigenvalue weighted by Gasteiger charge is 2.22. The second kappa shape index (κ2) is 11.3. The van der Waals surface area contributed by atoms with Gasteiger partial charge in [0.25, 0.3) is 5.91 Å². The van der Waals surface area contributed by atoms with Gasteiger partial charge >= 0.3 is 0 Å². The largest absolute Gasteiger partial charge is 0.494 e. The molecule has 1 fully saturated rings. The molecule has 1 saturated heterocycles. The smallest absolute Gasteiger partial charge is 0.253 e. The Hall–Kier alpha value is -2.93. The van der Waals surface area contributed by atoms with Gasteiger partial charge in [0.15, 0.2) is 0 Å². The summed E-state index contributed by atoms with van der Waals surface area (Å²) in [6.07, 6.45) is 3.80. The van der Waals surface area contributed by atoms with E-state index in [2.05, 4.69) is 47.4 Å². The molecular formula is C26H32N4O2S. The Labute approximate surface area is 200 Å². The maximum absolute atomic E-state index is 13.0. The van der Waals surface area contributed by atoms with Gasteiger partial charge in [0.1, 0.15) is 11.6 Å². The van der Waals surface area contributed by atoms with Crippen LogP contribution < -0.4 is 9.64 Å². The lowest BCUT2D eigenvalue weighted by molar-refractivity contribution is 0.0767. The topological polar surface area (TPSA) is 58.6 Å². The molecule has 7 heteroatoms. The predicted octanol–water partition coefficient (Wildman–Crippen LogP) is 4.97. The molecule has 0 N–H and O–H groups in total. The Morgan fingerprint density at radius 3 is 2.58 bits per heavy atom. The van der Waals surface area contributed by atoms with Gasteiger partial charge in [-0.1, -0.05) is 43.2 Å². The molecule has 1 aliphatic heterocycles. The summed E-state index contributed by atoms with van der Waals surface area (Å²) in [5.41, 5.74) is 3.19. The second-order valence-electron chi connectivity index (χ2n) is 8.51. The molecule has 2 aromatic carbocycles. The molecule has 0 aliphatic carbocycles. The zero-order valence-corrected chi connectivity index (χ0v) is 20.3. The molecule has 0 spiro atoms. The Morgan fingerprint density at radius 2 is 1.82 bits per heavy atom. The van der Waals surface area contributed by atoms with Gasteiger partial charge in [0.2, 0.25) is 5.13 Å². The summed E-state index contributed by atoms with van der Waals surface area (Å²) in [7, 11) is 0. The lowest BCUT2D eigenvalue weighted by Crippen LogP contribution is -2.35. The lowest BCUT2D eigenvalue weighted by Gasteiger charge is -2.21. The Morgan fingerprint density at radius 1 is 1.03 bits per heavy atom. The van der Waals surface area contributed by atoms with Crippen LogP contribution in [0.4, 0.5) is 5.13 Å². The summed E-state index contributed by atoms with van der Waals surface area (Å²) in [5.74, 6) is 1.76. The summed E-state index contributed by atoms with van der Waals surface area (Å²) in [4.78, 5) is 22.0. The summed E-state index contributed by atoms with van der Waals surface area (Å²) < 4.78 is 10.3. The van der Waals surface area contributed by atoms with E-state index in [4.69, 9.17) is 9.72 Å². The number of ether oxygens (including phenoxy) is 1. The Balaban J connectivity index is 1.32. The zero-order valence-electron chi connectivity index (χ0n) is 19.5. The maximum atomic E-state index is 13.0. The number of anilines is 1. The number of carbonyl (C=O) groups is 1. The normalized spacial score (nSPS) is 14.2. The van der Waals surface area contributed by atoms with Gasteiger partial charge in [0, 0.05) is 49.7 Å². The monoisotopic (exact) mass is 464 g/mol. The van der Waals surface area contributed by atoms with Crippen LogP contribution in [0.1, 0.15) is 53.5 Å². The molecule has 0 unspecified atom stereocenters. The molecule has 6 nitrogen and oxygen atoms in total. The van der Waals surface area contributed by atoms with E-state index in [-0.39, 0.29) is 5.91 Å². The van der Waals surface area contributed by atoms with Crippen molar-refractivity contribution >= 4 is 22.6 Å².